The smallest absolute Gasteiger partial charge is 0.159 e. The van der Waals surface area contributed by atoms with E-state index in [1.807, 2.05) is 6.92 Å². The first kappa shape index (κ1) is 11.6. The molecule has 0 bridgehead atoms. The molecule has 0 radical (unpaired) electrons. The maximum Gasteiger partial charge on any atom is 0.159 e. The van der Waals surface area contributed by atoms with Crippen molar-refractivity contribution in [2.24, 2.45) is 17.8 Å². The van der Waals surface area contributed by atoms with Gasteiger partial charge in [-0.25, -0.2) is 0 Å². The lowest BCUT2D eigenvalue weighted by atomic mass is 9.87. The van der Waals surface area contributed by atoms with E-state index in [0.29, 0.717) is 23.5 Å². The van der Waals surface area contributed by atoms with E-state index in [9.17, 15) is 4.79 Å². The minimum absolute atomic E-state index is 0.369. The van der Waals surface area contributed by atoms with Crippen molar-refractivity contribution in [3.63, 3.8) is 0 Å². The van der Waals surface area contributed by atoms with Crippen molar-refractivity contribution in [3.05, 3.63) is 22.8 Å². The summed E-state index contributed by atoms with van der Waals surface area (Å²) in [5.41, 5.74) is 3.90. The van der Waals surface area contributed by atoms with Crippen molar-refractivity contribution in [1.82, 2.24) is 0 Å². The highest BCUT2D eigenvalue weighted by Gasteiger charge is 2.34. The topological polar surface area (TPSA) is 17.1 Å². The van der Waals surface area contributed by atoms with Gasteiger partial charge >= 0.3 is 0 Å². The molecule has 2 rings (SSSR count). The highest BCUT2D eigenvalue weighted by atomic mass is 16.1. The number of carbonyl (C=O) groups is 1. The van der Waals surface area contributed by atoms with E-state index in [4.69, 9.17) is 0 Å². The second-order valence-electron chi connectivity index (χ2n) is 5.70. The van der Waals surface area contributed by atoms with Gasteiger partial charge < -0.3 is 0 Å². The molecule has 0 aliphatic heterocycles. The molecule has 0 N–H and O–H groups in total. The van der Waals surface area contributed by atoms with Gasteiger partial charge in [-0.1, -0.05) is 32.4 Å². The molecule has 2 aliphatic carbocycles. The molecule has 0 saturated heterocycles. The molecule has 0 saturated carbocycles. The zero-order chi connectivity index (χ0) is 11.9. The van der Waals surface area contributed by atoms with E-state index in [-0.39, 0.29) is 0 Å². The van der Waals surface area contributed by atoms with Crippen molar-refractivity contribution in [1.29, 1.82) is 0 Å². The van der Waals surface area contributed by atoms with Crippen LogP contribution in [0.25, 0.3) is 0 Å². The lowest BCUT2D eigenvalue weighted by molar-refractivity contribution is -0.115. The van der Waals surface area contributed by atoms with Gasteiger partial charge in [-0.05, 0) is 48.7 Å². The summed E-state index contributed by atoms with van der Waals surface area (Å²) in [6.07, 6.45) is 5.53. The fourth-order valence-electron chi connectivity index (χ4n) is 2.95. The van der Waals surface area contributed by atoms with Crippen LogP contribution in [0, 0.1) is 17.8 Å². The number of allylic oxidation sites excluding steroid dienone is 4. The van der Waals surface area contributed by atoms with Crippen LogP contribution in [0.4, 0.5) is 0 Å². The Kier molecular flexibility index (Phi) is 3.05. The lowest BCUT2D eigenvalue weighted by Crippen LogP contribution is -2.10. The number of fused-ring (bicyclic) bond motifs is 1. The normalized spacial score (nSPS) is 30.6. The second-order valence-corrected chi connectivity index (χ2v) is 5.70. The van der Waals surface area contributed by atoms with Gasteiger partial charge in [0, 0.05) is 6.42 Å². The molecule has 0 spiro atoms. The number of rotatable bonds is 1. The van der Waals surface area contributed by atoms with Crippen molar-refractivity contribution in [2.45, 2.75) is 47.0 Å². The summed E-state index contributed by atoms with van der Waals surface area (Å²) in [5.74, 6) is 2.14. The zero-order valence-corrected chi connectivity index (χ0v) is 10.8. The summed E-state index contributed by atoms with van der Waals surface area (Å²) < 4.78 is 0. The molecule has 2 aliphatic rings. The van der Waals surface area contributed by atoms with Gasteiger partial charge in [0.1, 0.15) is 0 Å². The summed E-state index contributed by atoms with van der Waals surface area (Å²) in [6, 6.07) is 0. The molecule has 1 heteroatoms. The number of Topliss-reactive ketones (excluding diaryl/α,β-unsaturated/α-hetero) is 1. The third-order valence-corrected chi connectivity index (χ3v) is 4.31. The molecular weight excluding hydrogens is 196 g/mol. The molecule has 0 amide bonds. The standard InChI is InChI=1S/C15H22O/c1-9(2)12-6-5-10(3)13-8-15(16)11(4)14(13)7-12/h7,9-10,13H,5-6,8H2,1-4H3/t10-,13-/m0/s1. The van der Waals surface area contributed by atoms with E-state index >= 15 is 0 Å². The molecule has 88 valence electrons. The van der Waals surface area contributed by atoms with Gasteiger partial charge in [-0.3, -0.25) is 4.79 Å². The van der Waals surface area contributed by atoms with E-state index in [1.165, 1.54) is 24.0 Å². The summed E-state index contributed by atoms with van der Waals surface area (Å²) in [7, 11) is 0. The number of carbonyl (C=O) groups excluding carboxylic acids is 1. The van der Waals surface area contributed by atoms with Gasteiger partial charge in [-0.15, -0.1) is 0 Å². The molecular formula is C15H22O. The van der Waals surface area contributed by atoms with E-state index in [0.717, 1.165) is 12.0 Å². The Morgan fingerprint density at radius 2 is 2.06 bits per heavy atom. The van der Waals surface area contributed by atoms with Crippen LogP contribution in [0.15, 0.2) is 22.8 Å². The van der Waals surface area contributed by atoms with Crippen molar-refractivity contribution >= 4 is 5.78 Å². The average molecular weight is 218 g/mol. The van der Waals surface area contributed by atoms with E-state index in [1.54, 1.807) is 0 Å². The minimum atomic E-state index is 0.369. The lowest BCUT2D eigenvalue weighted by Gasteiger charge is -2.17. The van der Waals surface area contributed by atoms with Crippen molar-refractivity contribution in [2.75, 3.05) is 0 Å². The maximum absolute atomic E-state index is 11.8. The number of ketones is 1. The van der Waals surface area contributed by atoms with Gasteiger partial charge in [0.15, 0.2) is 5.78 Å². The second kappa shape index (κ2) is 4.20. The predicted octanol–water partition coefficient (Wildman–Crippen LogP) is 3.90. The monoisotopic (exact) mass is 218 g/mol. The van der Waals surface area contributed by atoms with Crippen molar-refractivity contribution < 1.29 is 4.79 Å². The first-order chi connectivity index (χ1) is 7.50. The third-order valence-electron chi connectivity index (χ3n) is 4.31. The highest BCUT2D eigenvalue weighted by Crippen LogP contribution is 2.41. The summed E-state index contributed by atoms with van der Waals surface area (Å²) in [6.45, 7) is 8.81. The summed E-state index contributed by atoms with van der Waals surface area (Å²) in [5, 5.41) is 0. The summed E-state index contributed by atoms with van der Waals surface area (Å²) >= 11 is 0. The Labute approximate surface area is 98.6 Å². The van der Waals surface area contributed by atoms with Crippen LogP contribution in [-0.2, 0) is 4.79 Å². The fraction of sp³-hybridized carbons (Fsp3) is 0.667. The largest absolute Gasteiger partial charge is 0.295 e. The minimum Gasteiger partial charge on any atom is -0.295 e. The van der Waals surface area contributed by atoms with Crippen LogP contribution in [-0.4, -0.2) is 5.78 Å². The van der Waals surface area contributed by atoms with E-state index in [2.05, 4.69) is 26.8 Å². The van der Waals surface area contributed by atoms with Crippen LogP contribution in [0.5, 0.6) is 0 Å². The Bertz CT molecular complexity index is 371. The number of hydrogen-bond donors (Lipinski definition) is 0. The zero-order valence-electron chi connectivity index (χ0n) is 10.8. The highest BCUT2D eigenvalue weighted by molar-refractivity contribution is 5.99. The Balaban J connectivity index is 2.42. The van der Waals surface area contributed by atoms with Gasteiger partial charge in [0.25, 0.3) is 0 Å². The molecule has 1 nitrogen and oxygen atoms in total. The Morgan fingerprint density at radius 1 is 1.38 bits per heavy atom. The Morgan fingerprint density at radius 3 is 2.69 bits per heavy atom. The van der Waals surface area contributed by atoms with Crippen LogP contribution in [0.3, 0.4) is 0 Å². The first-order valence-electron chi connectivity index (χ1n) is 6.45. The Hall–Kier alpha value is -0.850. The average Bonchev–Trinajstić information content (AvgIpc) is 2.42. The molecule has 0 aromatic carbocycles. The molecule has 0 heterocycles. The quantitative estimate of drug-likeness (QED) is 0.652. The van der Waals surface area contributed by atoms with Gasteiger partial charge in [0.2, 0.25) is 0 Å². The molecule has 0 aromatic heterocycles. The molecule has 0 fully saturated rings. The van der Waals surface area contributed by atoms with Crippen molar-refractivity contribution in [3.8, 4) is 0 Å². The van der Waals surface area contributed by atoms with Crippen LogP contribution in [0.2, 0.25) is 0 Å². The molecule has 2 atom stereocenters. The molecule has 0 unspecified atom stereocenters. The van der Waals surface area contributed by atoms with Crippen LogP contribution < -0.4 is 0 Å². The number of hydrogen-bond acceptors (Lipinski definition) is 1. The molecule has 0 aromatic rings. The predicted molar refractivity (Wildman–Crippen MR) is 67.1 cm³/mol. The van der Waals surface area contributed by atoms with Gasteiger partial charge in [0.05, 0.1) is 0 Å². The maximum atomic E-state index is 11.8. The van der Waals surface area contributed by atoms with Crippen LogP contribution in [0.1, 0.15) is 47.0 Å². The van der Waals surface area contributed by atoms with Gasteiger partial charge in [-0.2, -0.15) is 0 Å². The third kappa shape index (κ3) is 1.88. The fourth-order valence-corrected chi connectivity index (χ4v) is 2.95. The molecule has 16 heavy (non-hydrogen) atoms. The first-order valence-corrected chi connectivity index (χ1v) is 6.45. The van der Waals surface area contributed by atoms with E-state index < -0.39 is 0 Å². The van der Waals surface area contributed by atoms with Crippen LogP contribution >= 0.6 is 0 Å². The SMILES string of the molecule is CC1=C2C=C(C(C)C)CC[C@H](C)[C@@H]2CC1=O. The summed E-state index contributed by atoms with van der Waals surface area (Å²) in [4.78, 5) is 11.8.